The van der Waals surface area contributed by atoms with Crippen LogP contribution in [0, 0.1) is 5.82 Å². The summed E-state index contributed by atoms with van der Waals surface area (Å²) >= 11 is 0. The van der Waals surface area contributed by atoms with E-state index in [4.69, 9.17) is 0 Å². The predicted octanol–water partition coefficient (Wildman–Crippen LogP) is 1.87. The number of sulfone groups is 1. The first kappa shape index (κ1) is 14.3. The highest BCUT2D eigenvalue weighted by Gasteiger charge is 2.14. The van der Waals surface area contributed by atoms with Crippen molar-refractivity contribution in [2.24, 2.45) is 0 Å². The molecule has 0 aliphatic rings. The lowest BCUT2D eigenvalue weighted by atomic mass is 10.2. The molecule has 3 aromatic rings. The number of imidazole rings is 1. The predicted molar refractivity (Wildman–Crippen MR) is 77.7 cm³/mol. The molecule has 2 aromatic heterocycles. The second-order valence-corrected chi connectivity index (χ2v) is 6.53. The summed E-state index contributed by atoms with van der Waals surface area (Å²) in [6.45, 7) is 0. The lowest BCUT2D eigenvalue weighted by molar-refractivity contribution is 0.593. The van der Waals surface area contributed by atoms with Crippen LogP contribution in [-0.4, -0.2) is 34.2 Å². The lowest BCUT2D eigenvalue weighted by Crippen LogP contribution is -2.05. The molecule has 0 saturated heterocycles. The van der Waals surface area contributed by atoms with Gasteiger partial charge in [0.25, 0.3) is 0 Å². The third-order valence-electron chi connectivity index (χ3n) is 2.95. The molecule has 112 valence electrons. The highest BCUT2D eigenvalue weighted by Crippen LogP contribution is 2.21. The maximum Gasteiger partial charge on any atom is 0.247 e. The summed E-state index contributed by atoms with van der Waals surface area (Å²) in [5.41, 5.74) is 1.49. The zero-order chi connectivity index (χ0) is 15.7. The van der Waals surface area contributed by atoms with E-state index in [0.29, 0.717) is 17.1 Å². The number of hydrogen-bond donors (Lipinski definition) is 0. The Morgan fingerprint density at radius 1 is 1.23 bits per heavy atom. The SMILES string of the molecule is CS(=O)(=O)c1nccc(-c2cncn2-c2cccc(F)c2)n1. The zero-order valence-electron chi connectivity index (χ0n) is 11.5. The third kappa shape index (κ3) is 2.73. The van der Waals surface area contributed by atoms with Crippen LogP contribution < -0.4 is 0 Å². The van der Waals surface area contributed by atoms with Crippen LogP contribution in [0.25, 0.3) is 17.1 Å². The summed E-state index contributed by atoms with van der Waals surface area (Å²) in [6, 6.07) is 7.56. The van der Waals surface area contributed by atoms with Crippen molar-refractivity contribution in [2.75, 3.05) is 6.26 Å². The molecule has 0 unspecified atom stereocenters. The lowest BCUT2D eigenvalue weighted by Gasteiger charge is -2.08. The van der Waals surface area contributed by atoms with E-state index >= 15 is 0 Å². The van der Waals surface area contributed by atoms with Crippen LogP contribution in [0.4, 0.5) is 4.39 Å². The molecule has 0 aliphatic heterocycles. The van der Waals surface area contributed by atoms with Crippen molar-refractivity contribution in [2.45, 2.75) is 5.16 Å². The molecule has 0 radical (unpaired) electrons. The van der Waals surface area contributed by atoms with Crippen LogP contribution in [0.1, 0.15) is 0 Å². The standard InChI is InChI=1S/C14H11FN4O2S/c1-22(20,21)14-17-6-5-12(18-14)13-8-16-9-19(13)11-4-2-3-10(15)7-11/h2-9H,1H3. The molecule has 0 aliphatic carbocycles. The smallest absolute Gasteiger partial charge is 0.247 e. The Kier molecular flexibility index (Phi) is 3.45. The highest BCUT2D eigenvalue weighted by molar-refractivity contribution is 7.90. The normalized spacial score (nSPS) is 11.5. The fraction of sp³-hybridized carbons (Fsp3) is 0.0714. The van der Waals surface area contributed by atoms with Crippen LogP contribution in [0.5, 0.6) is 0 Å². The molecular formula is C14H11FN4O2S. The van der Waals surface area contributed by atoms with Gasteiger partial charge in [-0.15, -0.1) is 0 Å². The van der Waals surface area contributed by atoms with Crippen LogP contribution in [0.2, 0.25) is 0 Å². The second-order valence-electron chi connectivity index (χ2n) is 4.63. The second kappa shape index (κ2) is 5.30. The molecule has 2 heterocycles. The fourth-order valence-electron chi connectivity index (χ4n) is 1.98. The first-order valence-corrected chi connectivity index (χ1v) is 8.16. The molecule has 0 amide bonds. The Balaban J connectivity index is 2.14. The minimum atomic E-state index is -3.51. The monoisotopic (exact) mass is 318 g/mol. The molecule has 0 atom stereocenters. The Morgan fingerprint density at radius 3 is 2.77 bits per heavy atom. The van der Waals surface area contributed by atoms with Gasteiger partial charge in [-0.3, -0.25) is 4.57 Å². The van der Waals surface area contributed by atoms with Crippen molar-refractivity contribution in [1.82, 2.24) is 19.5 Å². The van der Waals surface area contributed by atoms with Gasteiger partial charge in [0.15, 0.2) is 0 Å². The molecule has 6 nitrogen and oxygen atoms in total. The topological polar surface area (TPSA) is 77.7 Å². The quantitative estimate of drug-likeness (QED) is 0.689. The van der Waals surface area contributed by atoms with Gasteiger partial charge >= 0.3 is 0 Å². The average Bonchev–Trinajstić information content (AvgIpc) is 2.96. The summed E-state index contributed by atoms with van der Waals surface area (Å²) in [5, 5.41) is -0.267. The van der Waals surface area contributed by atoms with E-state index in [1.54, 1.807) is 22.8 Å². The van der Waals surface area contributed by atoms with Gasteiger partial charge in [0.1, 0.15) is 5.82 Å². The van der Waals surface area contributed by atoms with Gasteiger partial charge in [0.2, 0.25) is 15.0 Å². The van der Waals surface area contributed by atoms with Crippen LogP contribution in [-0.2, 0) is 9.84 Å². The summed E-state index contributed by atoms with van der Waals surface area (Å²) in [5.74, 6) is -0.378. The maximum absolute atomic E-state index is 13.4. The fourth-order valence-corrected chi connectivity index (χ4v) is 2.49. The van der Waals surface area contributed by atoms with Gasteiger partial charge in [-0.2, -0.15) is 0 Å². The van der Waals surface area contributed by atoms with Gasteiger partial charge in [-0.25, -0.2) is 27.8 Å². The van der Waals surface area contributed by atoms with Crippen molar-refractivity contribution >= 4 is 9.84 Å². The van der Waals surface area contributed by atoms with E-state index in [9.17, 15) is 12.8 Å². The number of nitrogens with zero attached hydrogens (tertiary/aromatic N) is 4. The van der Waals surface area contributed by atoms with Crippen molar-refractivity contribution < 1.29 is 12.8 Å². The van der Waals surface area contributed by atoms with Crippen LogP contribution in [0.3, 0.4) is 0 Å². The number of rotatable bonds is 3. The Morgan fingerprint density at radius 2 is 2.05 bits per heavy atom. The third-order valence-corrected chi connectivity index (χ3v) is 3.81. The molecule has 22 heavy (non-hydrogen) atoms. The summed E-state index contributed by atoms with van der Waals surface area (Å²) in [6.07, 6.45) is 5.43. The van der Waals surface area contributed by atoms with Crippen LogP contribution >= 0.6 is 0 Å². The number of hydrogen-bond acceptors (Lipinski definition) is 5. The van der Waals surface area contributed by atoms with E-state index in [1.165, 1.54) is 30.9 Å². The Labute approximate surface area is 126 Å². The van der Waals surface area contributed by atoms with E-state index in [-0.39, 0.29) is 11.0 Å². The molecule has 0 spiro atoms. The van der Waals surface area contributed by atoms with Gasteiger partial charge in [-0.05, 0) is 24.3 Å². The molecule has 0 fully saturated rings. The first-order valence-electron chi connectivity index (χ1n) is 6.27. The Hall–Kier alpha value is -2.61. The van der Waals surface area contributed by atoms with Crippen molar-refractivity contribution in [3.8, 4) is 17.1 Å². The Bertz CT molecular complexity index is 937. The minimum absolute atomic E-state index is 0.267. The minimum Gasteiger partial charge on any atom is -0.297 e. The summed E-state index contributed by atoms with van der Waals surface area (Å²) < 4.78 is 38.1. The van der Waals surface area contributed by atoms with Gasteiger partial charge in [0.05, 0.1) is 29.6 Å². The van der Waals surface area contributed by atoms with Gasteiger partial charge in [0, 0.05) is 12.5 Å². The number of benzene rings is 1. The van der Waals surface area contributed by atoms with Crippen molar-refractivity contribution in [1.29, 1.82) is 0 Å². The summed E-state index contributed by atoms with van der Waals surface area (Å²) in [7, 11) is -3.51. The van der Waals surface area contributed by atoms with E-state index < -0.39 is 9.84 Å². The summed E-state index contributed by atoms with van der Waals surface area (Å²) in [4.78, 5) is 11.8. The van der Waals surface area contributed by atoms with Crippen molar-refractivity contribution in [3.05, 3.63) is 54.9 Å². The van der Waals surface area contributed by atoms with E-state index in [0.717, 1.165) is 6.26 Å². The molecular weight excluding hydrogens is 307 g/mol. The molecule has 1 aromatic carbocycles. The highest BCUT2D eigenvalue weighted by atomic mass is 32.2. The largest absolute Gasteiger partial charge is 0.297 e. The number of halogens is 1. The molecule has 0 N–H and O–H groups in total. The number of aromatic nitrogens is 4. The van der Waals surface area contributed by atoms with Gasteiger partial charge in [-0.1, -0.05) is 6.07 Å². The van der Waals surface area contributed by atoms with Crippen LogP contribution in [0.15, 0.2) is 54.2 Å². The first-order chi connectivity index (χ1) is 10.4. The molecule has 3 rings (SSSR count). The maximum atomic E-state index is 13.4. The van der Waals surface area contributed by atoms with Gasteiger partial charge < -0.3 is 0 Å². The van der Waals surface area contributed by atoms with E-state index in [1.807, 2.05) is 0 Å². The molecule has 0 saturated carbocycles. The molecule has 0 bridgehead atoms. The average molecular weight is 318 g/mol. The van der Waals surface area contributed by atoms with Crippen molar-refractivity contribution in [3.63, 3.8) is 0 Å². The zero-order valence-corrected chi connectivity index (χ0v) is 12.3. The van der Waals surface area contributed by atoms with E-state index in [2.05, 4.69) is 15.0 Å². The molecule has 8 heteroatoms.